The Labute approximate surface area is 145 Å². The van der Waals surface area contributed by atoms with E-state index in [9.17, 15) is 10.0 Å². The van der Waals surface area contributed by atoms with Crippen molar-refractivity contribution in [3.63, 3.8) is 0 Å². The van der Waals surface area contributed by atoms with Gasteiger partial charge in [0, 0.05) is 18.5 Å². The number of hydroxylamine groups is 2. The van der Waals surface area contributed by atoms with Gasteiger partial charge >= 0.3 is 5.97 Å². The van der Waals surface area contributed by atoms with E-state index >= 15 is 0 Å². The number of carbonyl (C=O) groups is 1. The summed E-state index contributed by atoms with van der Waals surface area (Å²) in [5.41, 5.74) is 0.799. The van der Waals surface area contributed by atoms with Crippen molar-refractivity contribution in [3.8, 4) is 0 Å². The maximum absolute atomic E-state index is 12.0. The highest BCUT2D eigenvalue weighted by molar-refractivity contribution is 5.69. The third kappa shape index (κ3) is 5.60. The lowest BCUT2D eigenvalue weighted by molar-refractivity contribution is -0.197. The second-order valence-corrected chi connectivity index (χ2v) is 6.90. The molecule has 24 heavy (non-hydrogen) atoms. The van der Waals surface area contributed by atoms with Gasteiger partial charge in [0.2, 0.25) is 0 Å². The van der Waals surface area contributed by atoms with E-state index in [4.69, 9.17) is 4.74 Å². The zero-order valence-electron chi connectivity index (χ0n) is 14.9. The summed E-state index contributed by atoms with van der Waals surface area (Å²) in [5.74, 6) is -0.137. The van der Waals surface area contributed by atoms with Gasteiger partial charge in [-0.3, -0.25) is 4.79 Å². The van der Waals surface area contributed by atoms with Crippen LogP contribution in [0.15, 0.2) is 30.3 Å². The Morgan fingerprint density at radius 3 is 2.58 bits per heavy atom. The topological polar surface area (TPSA) is 49.8 Å². The number of hydrogen-bond donors (Lipinski definition) is 1. The normalized spacial score (nSPS) is 17.0. The van der Waals surface area contributed by atoms with Gasteiger partial charge in [-0.05, 0) is 31.2 Å². The summed E-state index contributed by atoms with van der Waals surface area (Å²) < 4.78 is 5.28. The number of hydrogen-bond acceptors (Lipinski definition) is 4. The van der Waals surface area contributed by atoms with Crippen LogP contribution in [0.2, 0.25) is 0 Å². The maximum atomic E-state index is 12.0. The van der Waals surface area contributed by atoms with E-state index in [1.54, 1.807) is 0 Å². The predicted molar refractivity (Wildman–Crippen MR) is 94.7 cm³/mol. The van der Waals surface area contributed by atoms with Crippen molar-refractivity contribution >= 4 is 5.97 Å². The number of nitrogens with zero attached hydrogens (tertiary/aromatic N) is 1. The fourth-order valence-corrected chi connectivity index (χ4v) is 3.51. The van der Waals surface area contributed by atoms with Crippen LogP contribution in [-0.2, 0) is 16.1 Å². The van der Waals surface area contributed by atoms with Gasteiger partial charge < -0.3 is 9.94 Å². The molecule has 0 radical (unpaired) electrons. The minimum absolute atomic E-state index is 0.137. The Hall–Kier alpha value is -1.39. The van der Waals surface area contributed by atoms with Crippen LogP contribution in [0.5, 0.6) is 0 Å². The van der Waals surface area contributed by atoms with Crippen LogP contribution in [0.4, 0.5) is 0 Å². The van der Waals surface area contributed by atoms with Gasteiger partial charge in [0.25, 0.3) is 0 Å². The fraction of sp³-hybridized carbons (Fsp3) is 0.650. The van der Waals surface area contributed by atoms with Crippen molar-refractivity contribution < 1.29 is 14.7 Å². The van der Waals surface area contributed by atoms with Gasteiger partial charge in [0.05, 0.1) is 6.61 Å². The van der Waals surface area contributed by atoms with Gasteiger partial charge in [0.15, 0.2) is 0 Å². The minimum atomic E-state index is -0.294. The molecule has 0 spiro atoms. The number of esters is 1. The highest BCUT2D eigenvalue weighted by Crippen LogP contribution is 2.37. The molecule has 0 aromatic heterocycles. The van der Waals surface area contributed by atoms with E-state index in [-0.39, 0.29) is 11.5 Å². The molecule has 0 aliphatic heterocycles. The monoisotopic (exact) mass is 333 g/mol. The molecular formula is C20H31NO3. The Balaban J connectivity index is 1.93. The molecule has 0 saturated heterocycles. The molecule has 0 unspecified atom stereocenters. The van der Waals surface area contributed by atoms with E-state index in [0.717, 1.165) is 44.1 Å². The summed E-state index contributed by atoms with van der Waals surface area (Å²) in [6.07, 6.45) is 8.30. The third-order valence-electron chi connectivity index (χ3n) is 5.06. The number of benzene rings is 1. The summed E-state index contributed by atoms with van der Waals surface area (Å²) >= 11 is 0. The lowest BCUT2D eigenvalue weighted by atomic mass is 9.78. The van der Waals surface area contributed by atoms with Gasteiger partial charge in [-0.25, -0.2) is 0 Å². The Morgan fingerprint density at radius 2 is 1.92 bits per heavy atom. The van der Waals surface area contributed by atoms with Crippen molar-refractivity contribution in [2.24, 2.45) is 0 Å². The number of unbranched alkanes of at least 4 members (excludes halogenated alkanes) is 1. The van der Waals surface area contributed by atoms with E-state index < -0.39 is 0 Å². The Morgan fingerprint density at radius 1 is 1.21 bits per heavy atom. The van der Waals surface area contributed by atoms with Gasteiger partial charge in [0.1, 0.15) is 0 Å². The average Bonchev–Trinajstić information content (AvgIpc) is 2.62. The van der Waals surface area contributed by atoms with Crippen LogP contribution in [0.25, 0.3) is 0 Å². The molecule has 0 heterocycles. The first-order valence-corrected chi connectivity index (χ1v) is 9.32. The quantitative estimate of drug-likeness (QED) is 0.404. The van der Waals surface area contributed by atoms with E-state index in [0.29, 0.717) is 26.0 Å². The van der Waals surface area contributed by atoms with E-state index in [1.807, 2.05) is 30.3 Å². The van der Waals surface area contributed by atoms with Crippen LogP contribution in [0, 0.1) is 0 Å². The smallest absolute Gasteiger partial charge is 0.305 e. The molecule has 1 aromatic rings. The lowest BCUT2D eigenvalue weighted by Gasteiger charge is -2.43. The van der Waals surface area contributed by atoms with Gasteiger partial charge in [-0.15, -0.1) is 0 Å². The minimum Gasteiger partial charge on any atom is -0.466 e. The van der Waals surface area contributed by atoms with Crippen molar-refractivity contribution in [1.82, 2.24) is 5.06 Å². The summed E-state index contributed by atoms with van der Waals surface area (Å²) in [4.78, 5) is 12.0. The average molecular weight is 333 g/mol. The highest BCUT2D eigenvalue weighted by atomic mass is 16.5. The molecule has 1 aliphatic carbocycles. The molecule has 0 atom stereocenters. The highest BCUT2D eigenvalue weighted by Gasteiger charge is 2.38. The molecule has 0 amide bonds. The zero-order chi connectivity index (χ0) is 17.3. The SMILES string of the molecule is CCCCOC(=O)CCC1(N(O)Cc2ccccc2)CCCCC1. The van der Waals surface area contributed by atoms with Gasteiger partial charge in [-0.1, -0.05) is 62.9 Å². The number of carbonyl (C=O) groups excluding carboxylic acids is 1. The van der Waals surface area contributed by atoms with Crippen molar-refractivity contribution in [3.05, 3.63) is 35.9 Å². The van der Waals surface area contributed by atoms with Crippen LogP contribution >= 0.6 is 0 Å². The van der Waals surface area contributed by atoms with Crippen LogP contribution in [0.3, 0.4) is 0 Å². The second-order valence-electron chi connectivity index (χ2n) is 6.90. The molecule has 4 nitrogen and oxygen atoms in total. The Kier molecular flexibility index (Phi) is 7.73. The maximum Gasteiger partial charge on any atom is 0.305 e. The zero-order valence-corrected chi connectivity index (χ0v) is 14.9. The van der Waals surface area contributed by atoms with Gasteiger partial charge in [-0.2, -0.15) is 5.06 Å². The van der Waals surface area contributed by atoms with E-state index in [2.05, 4.69) is 6.92 Å². The van der Waals surface area contributed by atoms with E-state index in [1.165, 1.54) is 11.5 Å². The summed E-state index contributed by atoms with van der Waals surface area (Å²) in [7, 11) is 0. The molecule has 1 N–H and O–H groups in total. The van der Waals surface area contributed by atoms with Crippen LogP contribution < -0.4 is 0 Å². The summed E-state index contributed by atoms with van der Waals surface area (Å²) in [6, 6.07) is 10.0. The molecule has 1 saturated carbocycles. The van der Waals surface area contributed by atoms with Crippen LogP contribution in [-0.4, -0.2) is 28.4 Å². The summed E-state index contributed by atoms with van der Waals surface area (Å²) in [5, 5.41) is 12.3. The predicted octanol–water partition coefficient (Wildman–Crippen LogP) is 4.70. The molecule has 2 rings (SSSR count). The number of ether oxygens (including phenoxy) is 1. The standard InChI is InChI=1S/C20H31NO3/c1-2-3-16-24-19(22)12-15-20(13-8-5-9-14-20)21(23)17-18-10-6-4-7-11-18/h4,6-7,10-11,23H,2-3,5,8-9,12-17H2,1H3. The number of rotatable bonds is 9. The third-order valence-corrected chi connectivity index (χ3v) is 5.06. The largest absolute Gasteiger partial charge is 0.466 e. The summed E-state index contributed by atoms with van der Waals surface area (Å²) in [6.45, 7) is 3.10. The molecule has 1 fully saturated rings. The molecule has 1 aliphatic rings. The first kappa shape index (κ1) is 18.9. The van der Waals surface area contributed by atoms with Crippen molar-refractivity contribution in [2.45, 2.75) is 76.8 Å². The first-order valence-electron chi connectivity index (χ1n) is 9.32. The molecule has 0 bridgehead atoms. The lowest BCUT2D eigenvalue weighted by Crippen LogP contribution is -2.48. The molecule has 1 aromatic carbocycles. The second kappa shape index (κ2) is 9.80. The van der Waals surface area contributed by atoms with Crippen LogP contribution in [0.1, 0.15) is 70.3 Å². The molecular weight excluding hydrogens is 302 g/mol. The Bertz CT molecular complexity index is 483. The van der Waals surface area contributed by atoms with Crippen molar-refractivity contribution in [1.29, 1.82) is 0 Å². The molecule has 4 heteroatoms. The fourth-order valence-electron chi connectivity index (χ4n) is 3.51. The van der Waals surface area contributed by atoms with Crippen molar-refractivity contribution in [2.75, 3.05) is 6.61 Å². The first-order chi connectivity index (χ1) is 11.7. The molecule has 134 valence electrons.